The van der Waals surface area contributed by atoms with Crippen molar-refractivity contribution in [2.75, 3.05) is 4.90 Å². The lowest BCUT2D eigenvalue weighted by Gasteiger charge is -2.26. The highest BCUT2D eigenvalue weighted by atomic mass is 15.1. The second-order valence-electron chi connectivity index (χ2n) is 11.5. The second-order valence-corrected chi connectivity index (χ2v) is 11.5. The Kier molecular flexibility index (Phi) is 7.54. The van der Waals surface area contributed by atoms with E-state index in [1.165, 1.54) is 16.7 Å². The molecule has 0 N–H and O–H groups in total. The van der Waals surface area contributed by atoms with Gasteiger partial charge < -0.3 is 4.90 Å². The van der Waals surface area contributed by atoms with Crippen molar-refractivity contribution in [3.63, 3.8) is 0 Å². The average Bonchev–Trinajstić information content (AvgIpc) is 3.16. The van der Waals surface area contributed by atoms with Crippen LogP contribution in [0.3, 0.4) is 0 Å². The van der Waals surface area contributed by atoms with E-state index in [-0.39, 0.29) is 0 Å². The summed E-state index contributed by atoms with van der Waals surface area (Å²) in [5.74, 6) is 0. The number of hydrogen-bond donors (Lipinski definition) is 0. The van der Waals surface area contributed by atoms with Gasteiger partial charge in [0.15, 0.2) is 0 Å². The van der Waals surface area contributed by atoms with Gasteiger partial charge in [-0.15, -0.1) is 0 Å². The van der Waals surface area contributed by atoms with E-state index in [1.54, 1.807) is 0 Å². The highest BCUT2D eigenvalue weighted by Gasteiger charge is 2.16. The molecule has 8 rings (SSSR count). The van der Waals surface area contributed by atoms with Crippen molar-refractivity contribution in [2.24, 2.45) is 0 Å². The minimum Gasteiger partial charge on any atom is -0.310 e. The Morgan fingerprint density at radius 2 is 0.681 bits per heavy atom. The van der Waals surface area contributed by atoms with E-state index in [0.717, 1.165) is 56.2 Å². The molecule has 0 spiro atoms. The van der Waals surface area contributed by atoms with E-state index in [9.17, 15) is 0 Å². The molecular formula is C44H31N3. The van der Waals surface area contributed by atoms with Crippen LogP contribution in [0.5, 0.6) is 0 Å². The number of rotatable bonds is 7. The van der Waals surface area contributed by atoms with Crippen LogP contribution >= 0.6 is 0 Å². The maximum Gasteiger partial charge on any atom is 0.0973 e. The molecule has 222 valence electrons. The molecule has 0 saturated carbocycles. The Hall–Kier alpha value is -6.32. The molecule has 3 heteroatoms. The summed E-state index contributed by atoms with van der Waals surface area (Å²) in [5, 5.41) is 0. The maximum atomic E-state index is 5.11. The highest BCUT2D eigenvalue weighted by molar-refractivity contribution is 5.87. The molecule has 0 aliphatic carbocycles. The first kappa shape index (κ1) is 28.2. The van der Waals surface area contributed by atoms with Crippen LogP contribution in [0.4, 0.5) is 17.1 Å². The SMILES string of the molecule is c1ccc(-c2cccc(-c3cccc(N(c4ccccc4)c4ccc(-c5nc6ccccc6nc5-c5ccccc5)cc4)c3)c2)cc1. The van der Waals surface area contributed by atoms with Gasteiger partial charge in [-0.25, -0.2) is 9.97 Å². The first-order valence-corrected chi connectivity index (χ1v) is 15.8. The number of para-hydroxylation sites is 3. The second kappa shape index (κ2) is 12.6. The molecule has 0 unspecified atom stereocenters. The summed E-state index contributed by atoms with van der Waals surface area (Å²) >= 11 is 0. The molecule has 0 bridgehead atoms. The van der Waals surface area contributed by atoms with Crippen molar-refractivity contribution in [3.05, 3.63) is 188 Å². The van der Waals surface area contributed by atoms with Crippen molar-refractivity contribution in [1.82, 2.24) is 9.97 Å². The molecule has 47 heavy (non-hydrogen) atoms. The van der Waals surface area contributed by atoms with Crippen molar-refractivity contribution >= 4 is 28.1 Å². The van der Waals surface area contributed by atoms with Gasteiger partial charge in [-0.3, -0.25) is 0 Å². The van der Waals surface area contributed by atoms with Crippen LogP contribution < -0.4 is 4.90 Å². The van der Waals surface area contributed by atoms with E-state index in [2.05, 4.69) is 150 Å². The van der Waals surface area contributed by atoms with Crippen molar-refractivity contribution in [3.8, 4) is 44.8 Å². The molecule has 8 aromatic rings. The average molecular weight is 602 g/mol. The van der Waals surface area contributed by atoms with Crippen LogP contribution in [-0.4, -0.2) is 9.97 Å². The maximum absolute atomic E-state index is 5.11. The lowest BCUT2D eigenvalue weighted by atomic mass is 9.98. The third-order valence-electron chi connectivity index (χ3n) is 8.44. The summed E-state index contributed by atoms with van der Waals surface area (Å²) in [4.78, 5) is 12.5. The fourth-order valence-electron chi connectivity index (χ4n) is 6.12. The van der Waals surface area contributed by atoms with Crippen LogP contribution in [0.1, 0.15) is 0 Å². The molecule has 0 aliphatic heterocycles. The molecule has 0 atom stereocenters. The monoisotopic (exact) mass is 601 g/mol. The zero-order chi connectivity index (χ0) is 31.4. The fourth-order valence-corrected chi connectivity index (χ4v) is 6.12. The van der Waals surface area contributed by atoms with Crippen molar-refractivity contribution in [2.45, 2.75) is 0 Å². The van der Waals surface area contributed by atoms with E-state index in [4.69, 9.17) is 9.97 Å². The molecule has 0 amide bonds. The molecule has 0 aliphatic rings. The first-order valence-electron chi connectivity index (χ1n) is 15.8. The van der Waals surface area contributed by atoms with Gasteiger partial charge in [0.2, 0.25) is 0 Å². The summed E-state index contributed by atoms with van der Waals surface area (Å²) in [6, 6.07) is 65.6. The predicted octanol–water partition coefficient (Wildman–Crippen LogP) is 11.8. The topological polar surface area (TPSA) is 29.0 Å². The Morgan fingerprint density at radius 3 is 1.30 bits per heavy atom. The van der Waals surface area contributed by atoms with Crippen LogP contribution in [0.15, 0.2) is 188 Å². The van der Waals surface area contributed by atoms with Gasteiger partial charge in [-0.1, -0.05) is 133 Å². The van der Waals surface area contributed by atoms with Crippen molar-refractivity contribution < 1.29 is 0 Å². The molecule has 0 radical (unpaired) electrons. The number of hydrogen-bond acceptors (Lipinski definition) is 3. The quantitative estimate of drug-likeness (QED) is 0.182. The highest BCUT2D eigenvalue weighted by Crippen LogP contribution is 2.39. The third kappa shape index (κ3) is 5.79. The first-order chi connectivity index (χ1) is 23.3. The van der Waals surface area contributed by atoms with E-state index < -0.39 is 0 Å². The van der Waals surface area contributed by atoms with Gasteiger partial charge in [0.1, 0.15) is 0 Å². The van der Waals surface area contributed by atoms with Gasteiger partial charge in [0, 0.05) is 28.2 Å². The van der Waals surface area contributed by atoms with Gasteiger partial charge in [-0.2, -0.15) is 0 Å². The third-order valence-corrected chi connectivity index (χ3v) is 8.44. The Labute approximate surface area is 275 Å². The zero-order valence-electron chi connectivity index (χ0n) is 25.7. The molecule has 1 heterocycles. The lowest BCUT2D eigenvalue weighted by Crippen LogP contribution is -2.09. The van der Waals surface area contributed by atoms with Crippen molar-refractivity contribution in [1.29, 1.82) is 0 Å². The number of anilines is 3. The summed E-state index contributed by atoms with van der Waals surface area (Å²) in [6.07, 6.45) is 0. The van der Waals surface area contributed by atoms with Gasteiger partial charge in [-0.05, 0) is 76.9 Å². The summed E-state index contributed by atoms with van der Waals surface area (Å²) in [5.41, 5.74) is 13.6. The molecule has 7 aromatic carbocycles. The minimum atomic E-state index is 0.869. The standard InChI is InChI=1S/C44H31N3/c1-4-14-32(15-5-1)35-18-12-19-36(30-35)37-20-13-23-40(31-37)47(38-21-8-3-9-22-38)39-28-26-34(27-29-39)44-43(33-16-6-2-7-17-33)45-41-24-10-11-25-42(41)46-44/h1-31H. The zero-order valence-corrected chi connectivity index (χ0v) is 25.7. The molecule has 3 nitrogen and oxygen atoms in total. The Morgan fingerprint density at radius 1 is 0.277 bits per heavy atom. The molecule has 0 fully saturated rings. The number of aromatic nitrogens is 2. The van der Waals surface area contributed by atoms with Crippen LogP contribution in [0.2, 0.25) is 0 Å². The predicted molar refractivity (Wildman–Crippen MR) is 196 cm³/mol. The lowest BCUT2D eigenvalue weighted by molar-refractivity contribution is 1.27. The number of nitrogens with zero attached hydrogens (tertiary/aromatic N) is 3. The number of benzene rings is 7. The normalized spacial score (nSPS) is 11.0. The Bertz CT molecular complexity index is 2280. The summed E-state index contributed by atoms with van der Waals surface area (Å²) in [7, 11) is 0. The van der Waals surface area contributed by atoms with Crippen LogP contribution in [0, 0.1) is 0 Å². The van der Waals surface area contributed by atoms with Crippen LogP contribution in [0.25, 0.3) is 55.8 Å². The van der Waals surface area contributed by atoms with Gasteiger partial charge in [0.25, 0.3) is 0 Å². The fraction of sp³-hybridized carbons (Fsp3) is 0. The largest absolute Gasteiger partial charge is 0.310 e. The molecule has 0 saturated heterocycles. The molecule has 1 aromatic heterocycles. The van der Waals surface area contributed by atoms with E-state index in [1.807, 2.05) is 42.5 Å². The summed E-state index contributed by atoms with van der Waals surface area (Å²) in [6.45, 7) is 0. The molecular weight excluding hydrogens is 571 g/mol. The van der Waals surface area contributed by atoms with Gasteiger partial charge in [0.05, 0.1) is 22.4 Å². The van der Waals surface area contributed by atoms with E-state index in [0.29, 0.717) is 0 Å². The van der Waals surface area contributed by atoms with E-state index >= 15 is 0 Å². The minimum absolute atomic E-state index is 0.869. The van der Waals surface area contributed by atoms with Crippen LogP contribution in [-0.2, 0) is 0 Å². The Balaban J connectivity index is 1.20. The number of fused-ring (bicyclic) bond motifs is 1. The summed E-state index contributed by atoms with van der Waals surface area (Å²) < 4.78 is 0. The smallest absolute Gasteiger partial charge is 0.0973 e. The van der Waals surface area contributed by atoms with Gasteiger partial charge >= 0.3 is 0 Å².